The number of ether oxygens (including phenoxy) is 3. The van der Waals surface area contributed by atoms with E-state index in [1.807, 2.05) is 42.5 Å². The highest BCUT2D eigenvalue weighted by molar-refractivity contribution is 14.0. The Morgan fingerprint density at radius 3 is 2.52 bits per heavy atom. The lowest BCUT2D eigenvalue weighted by atomic mass is 9.98. The monoisotopic (exact) mass is 511 g/mol. The second-order valence-electron chi connectivity index (χ2n) is 6.92. The number of hydrogen-bond acceptors (Lipinski definition) is 4. The fraction of sp³-hybridized carbons (Fsp3) is 0.409. The molecule has 1 aliphatic rings. The van der Waals surface area contributed by atoms with Crippen molar-refractivity contribution in [2.75, 3.05) is 19.5 Å². The van der Waals surface area contributed by atoms with Crippen molar-refractivity contribution in [2.24, 2.45) is 10.7 Å². The minimum absolute atomic E-state index is 0. The molecule has 1 fully saturated rings. The number of benzene rings is 2. The Kier molecular flexibility index (Phi) is 9.37. The Balaban J connectivity index is 0.00000300. The van der Waals surface area contributed by atoms with Gasteiger partial charge in [-0.3, -0.25) is 0 Å². The number of rotatable bonds is 7. The predicted molar refractivity (Wildman–Crippen MR) is 128 cm³/mol. The number of guanidine groups is 1. The van der Waals surface area contributed by atoms with Crippen LogP contribution in [-0.2, 0) is 6.54 Å². The number of hydrogen-bond donors (Lipinski definition) is 2. The summed E-state index contributed by atoms with van der Waals surface area (Å²) in [5, 5.41) is 3.08. The molecule has 0 radical (unpaired) electrons. The van der Waals surface area contributed by atoms with Crippen molar-refractivity contribution in [3.63, 3.8) is 0 Å². The van der Waals surface area contributed by atoms with Crippen molar-refractivity contribution in [1.29, 1.82) is 0 Å². The minimum atomic E-state index is 0. The number of anilines is 1. The summed E-state index contributed by atoms with van der Waals surface area (Å²) >= 11 is 0. The average molecular weight is 511 g/mol. The number of halogens is 1. The molecule has 158 valence electrons. The van der Waals surface area contributed by atoms with Crippen LogP contribution in [0.5, 0.6) is 17.2 Å². The Bertz CT molecular complexity index is 808. The van der Waals surface area contributed by atoms with Gasteiger partial charge in [-0.05, 0) is 55.5 Å². The normalized spacial score (nSPS) is 14.6. The van der Waals surface area contributed by atoms with Crippen LogP contribution in [0.15, 0.2) is 47.5 Å². The second-order valence-corrected chi connectivity index (χ2v) is 6.92. The van der Waals surface area contributed by atoms with Gasteiger partial charge in [0.1, 0.15) is 5.75 Å². The number of aliphatic imine (C=N–C) groups is 1. The molecular weight excluding hydrogens is 481 g/mol. The summed E-state index contributed by atoms with van der Waals surface area (Å²) in [7, 11) is 3.20. The summed E-state index contributed by atoms with van der Waals surface area (Å²) < 4.78 is 16.7. The zero-order chi connectivity index (χ0) is 19.8. The SMILES string of the molecule is COc1ccc(NC(N)=NCc2cccc(OC3CCCCC3)c2)cc1OC.I. The first kappa shape index (κ1) is 23.1. The smallest absolute Gasteiger partial charge is 0.193 e. The Labute approximate surface area is 189 Å². The zero-order valence-electron chi connectivity index (χ0n) is 17.0. The maximum atomic E-state index is 6.12. The van der Waals surface area contributed by atoms with E-state index in [1.165, 1.54) is 19.3 Å². The highest BCUT2D eigenvalue weighted by atomic mass is 127. The molecule has 0 saturated heterocycles. The van der Waals surface area contributed by atoms with Gasteiger partial charge in [-0.2, -0.15) is 0 Å². The fourth-order valence-electron chi connectivity index (χ4n) is 3.37. The molecule has 0 aliphatic heterocycles. The van der Waals surface area contributed by atoms with Gasteiger partial charge in [0.05, 0.1) is 26.9 Å². The standard InChI is InChI=1S/C22H29N3O3.HI/c1-26-20-12-11-17(14-21(20)27-2)25-22(23)24-15-16-7-6-10-19(13-16)28-18-8-4-3-5-9-18;/h6-7,10-14,18H,3-5,8-9,15H2,1-2H3,(H3,23,24,25);1H. The largest absolute Gasteiger partial charge is 0.493 e. The molecule has 0 atom stereocenters. The summed E-state index contributed by atoms with van der Waals surface area (Å²) in [6.45, 7) is 0.480. The quantitative estimate of drug-likeness (QED) is 0.312. The van der Waals surface area contributed by atoms with Crippen LogP contribution >= 0.6 is 24.0 Å². The second kappa shape index (κ2) is 11.7. The van der Waals surface area contributed by atoms with Gasteiger partial charge in [0.15, 0.2) is 17.5 Å². The van der Waals surface area contributed by atoms with Crippen molar-refractivity contribution < 1.29 is 14.2 Å². The molecule has 0 aromatic heterocycles. The molecule has 3 rings (SSSR count). The molecule has 0 unspecified atom stereocenters. The van der Waals surface area contributed by atoms with Crippen LogP contribution in [0.2, 0.25) is 0 Å². The van der Waals surface area contributed by atoms with Crippen LogP contribution in [0.25, 0.3) is 0 Å². The van der Waals surface area contributed by atoms with Gasteiger partial charge >= 0.3 is 0 Å². The first-order valence-electron chi connectivity index (χ1n) is 9.72. The third kappa shape index (κ3) is 6.99. The summed E-state index contributed by atoms with van der Waals surface area (Å²) in [6.07, 6.45) is 6.46. The lowest BCUT2D eigenvalue weighted by Gasteiger charge is -2.23. The van der Waals surface area contributed by atoms with Crippen LogP contribution in [0.1, 0.15) is 37.7 Å². The van der Waals surface area contributed by atoms with Gasteiger partial charge < -0.3 is 25.3 Å². The predicted octanol–water partition coefficient (Wildman–Crippen LogP) is 4.96. The van der Waals surface area contributed by atoms with E-state index in [-0.39, 0.29) is 24.0 Å². The molecule has 0 heterocycles. The van der Waals surface area contributed by atoms with Crippen molar-refractivity contribution in [3.05, 3.63) is 48.0 Å². The lowest BCUT2D eigenvalue weighted by molar-refractivity contribution is 0.155. The van der Waals surface area contributed by atoms with Crippen LogP contribution in [0, 0.1) is 0 Å². The van der Waals surface area contributed by atoms with E-state index in [2.05, 4.69) is 10.3 Å². The molecule has 0 bridgehead atoms. The van der Waals surface area contributed by atoms with Crippen LogP contribution in [0.3, 0.4) is 0 Å². The molecule has 2 aromatic carbocycles. The topological polar surface area (TPSA) is 78.1 Å². The molecular formula is C22H30IN3O3. The van der Waals surface area contributed by atoms with E-state index in [0.29, 0.717) is 30.1 Å². The lowest BCUT2D eigenvalue weighted by Crippen LogP contribution is -2.22. The minimum Gasteiger partial charge on any atom is -0.493 e. The maximum absolute atomic E-state index is 6.12. The van der Waals surface area contributed by atoms with Crippen LogP contribution in [-0.4, -0.2) is 26.3 Å². The third-order valence-corrected chi connectivity index (χ3v) is 4.84. The molecule has 7 heteroatoms. The third-order valence-electron chi connectivity index (χ3n) is 4.84. The van der Waals surface area contributed by atoms with Gasteiger partial charge in [-0.15, -0.1) is 24.0 Å². The number of nitrogens with two attached hydrogens (primary N) is 1. The van der Waals surface area contributed by atoms with Crippen LogP contribution < -0.4 is 25.3 Å². The van der Waals surface area contributed by atoms with Crippen molar-refractivity contribution in [3.8, 4) is 17.2 Å². The van der Waals surface area contributed by atoms with E-state index in [9.17, 15) is 0 Å². The summed E-state index contributed by atoms with van der Waals surface area (Å²) in [5.41, 5.74) is 7.88. The maximum Gasteiger partial charge on any atom is 0.193 e. The molecule has 2 aromatic rings. The zero-order valence-corrected chi connectivity index (χ0v) is 19.3. The van der Waals surface area contributed by atoms with Crippen molar-refractivity contribution >= 4 is 35.6 Å². The Morgan fingerprint density at radius 1 is 1.03 bits per heavy atom. The van der Waals surface area contributed by atoms with E-state index < -0.39 is 0 Å². The molecule has 3 N–H and O–H groups in total. The summed E-state index contributed by atoms with van der Waals surface area (Å²) in [6, 6.07) is 13.6. The van der Waals surface area contributed by atoms with E-state index >= 15 is 0 Å². The van der Waals surface area contributed by atoms with Crippen molar-refractivity contribution in [1.82, 2.24) is 0 Å². The van der Waals surface area contributed by atoms with Gasteiger partial charge in [0.25, 0.3) is 0 Å². The summed E-state index contributed by atoms with van der Waals surface area (Å²) in [4.78, 5) is 4.43. The first-order chi connectivity index (χ1) is 13.7. The van der Waals surface area contributed by atoms with E-state index in [4.69, 9.17) is 19.9 Å². The van der Waals surface area contributed by atoms with Gasteiger partial charge in [-0.25, -0.2) is 4.99 Å². The van der Waals surface area contributed by atoms with Crippen LogP contribution in [0.4, 0.5) is 5.69 Å². The number of nitrogens with one attached hydrogen (secondary N) is 1. The number of nitrogens with zero attached hydrogens (tertiary/aromatic N) is 1. The Morgan fingerprint density at radius 2 is 1.79 bits per heavy atom. The Hall–Kier alpha value is -2.16. The fourth-order valence-corrected chi connectivity index (χ4v) is 3.37. The van der Waals surface area contributed by atoms with Gasteiger partial charge in [0.2, 0.25) is 0 Å². The highest BCUT2D eigenvalue weighted by Crippen LogP contribution is 2.29. The summed E-state index contributed by atoms with van der Waals surface area (Å²) in [5.74, 6) is 2.54. The van der Waals surface area contributed by atoms with Crippen molar-refractivity contribution in [2.45, 2.75) is 44.8 Å². The highest BCUT2D eigenvalue weighted by Gasteiger charge is 2.14. The molecule has 6 nitrogen and oxygen atoms in total. The molecule has 29 heavy (non-hydrogen) atoms. The molecule has 0 amide bonds. The molecule has 1 saturated carbocycles. The van der Waals surface area contributed by atoms with Gasteiger partial charge in [-0.1, -0.05) is 18.6 Å². The average Bonchev–Trinajstić information content (AvgIpc) is 2.73. The van der Waals surface area contributed by atoms with E-state index in [1.54, 1.807) is 14.2 Å². The molecule has 1 aliphatic carbocycles. The molecule has 0 spiro atoms. The first-order valence-corrected chi connectivity index (χ1v) is 9.72. The number of methoxy groups -OCH3 is 2. The van der Waals surface area contributed by atoms with E-state index in [0.717, 1.165) is 29.8 Å². The van der Waals surface area contributed by atoms with Gasteiger partial charge in [0, 0.05) is 11.8 Å².